The van der Waals surface area contributed by atoms with Crippen molar-refractivity contribution < 1.29 is 23.7 Å². The molecule has 1 rings (SSSR count). The highest BCUT2D eigenvalue weighted by Gasteiger charge is 2.50. The molecule has 0 aromatic carbocycles. The van der Waals surface area contributed by atoms with Crippen LogP contribution >= 0.6 is 0 Å². The van der Waals surface area contributed by atoms with Crippen LogP contribution < -0.4 is 0 Å². The van der Waals surface area contributed by atoms with E-state index in [4.69, 9.17) is 23.7 Å². The Bertz CT molecular complexity index is 219. The molecule has 3 unspecified atom stereocenters. The molecule has 0 aromatic rings. The van der Waals surface area contributed by atoms with Gasteiger partial charge in [-0.25, -0.2) is 0 Å². The summed E-state index contributed by atoms with van der Waals surface area (Å²) in [5, 5.41) is 0. The maximum atomic E-state index is 5.87. The summed E-state index contributed by atoms with van der Waals surface area (Å²) in [6.45, 7) is 5.81. The summed E-state index contributed by atoms with van der Waals surface area (Å²) >= 11 is 0. The average Bonchev–Trinajstić information content (AvgIpc) is 2.39. The molecule has 0 N–H and O–H groups in total. The van der Waals surface area contributed by atoms with Crippen molar-refractivity contribution in [2.75, 3.05) is 34.0 Å². The van der Waals surface area contributed by atoms with Crippen LogP contribution in [-0.2, 0) is 23.7 Å². The summed E-state index contributed by atoms with van der Waals surface area (Å²) in [5.74, 6) is -1.14. The molecule has 1 heterocycles. The minimum atomic E-state index is -1.14. The number of hydrogen-bond donors (Lipinski definition) is 0. The van der Waals surface area contributed by atoms with Gasteiger partial charge in [0.05, 0.1) is 12.7 Å². The molecular formula is C13H26O5. The van der Waals surface area contributed by atoms with Crippen molar-refractivity contribution >= 4 is 0 Å². The van der Waals surface area contributed by atoms with E-state index in [9.17, 15) is 0 Å². The lowest BCUT2D eigenvalue weighted by atomic mass is 10.1. The third-order valence-electron chi connectivity index (χ3n) is 3.11. The van der Waals surface area contributed by atoms with E-state index < -0.39 is 5.97 Å². The maximum Gasteiger partial charge on any atom is 0.313 e. The van der Waals surface area contributed by atoms with Crippen molar-refractivity contribution in [3.8, 4) is 0 Å². The second-order valence-electron chi connectivity index (χ2n) is 4.30. The fourth-order valence-corrected chi connectivity index (χ4v) is 2.18. The van der Waals surface area contributed by atoms with Gasteiger partial charge in [0.15, 0.2) is 6.10 Å². The first-order valence-electron chi connectivity index (χ1n) is 6.71. The molecule has 18 heavy (non-hydrogen) atoms. The van der Waals surface area contributed by atoms with E-state index in [-0.39, 0.29) is 12.2 Å². The van der Waals surface area contributed by atoms with Crippen LogP contribution in [0.25, 0.3) is 0 Å². The summed E-state index contributed by atoms with van der Waals surface area (Å²) in [5.41, 5.74) is 0. The lowest BCUT2D eigenvalue weighted by molar-refractivity contribution is -0.432. The molecule has 0 saturated carbocycles. The van der Waals surface area contributed by atoms with Crippen molar-refractivity contribution in [1.29, 1.82) is 0 Å². The summed E-state index contributed by atoms with van der Waals surface area (Å²) in [6, 6.07) is 0. The van der Waals surface area contributed by atoms with Crippen molar-refractivity contribution in [3.63, 3.8) is 0 Å². The minimum Gasteiger partial charge on any atom is -0.375 e. The van der Waals surface area contributed by atoms with Crippen molar-refractivity contribution in [1.82, 2.24) is 0 Å². The SMILES string of the molecule is CCCCOC1CCOC(OC)(OCC)C1OC. The second-order valence-corrected chi connectivity index (χ2v) is 4.30. The van der Waals surface area contributed by atoms with Crippen LogP contribution in [0, 0.1) is 0 Å². The van der Waals surface area contributed by atoms with Gasteiger partial charge in [-0.15, -0.1) is 0 Å². The van der Waals surface area contributed by atoms with Gasteiger partial charge in [0.25, 0.3) is 0 Å². The van der Waals surface area contributed by atoms with E-state index in [1.54, 1.807) is 14.2 Å². The number of methoxy groups -OCH3 is 2. The third-order valence-corrected chi connectivity index (χ3v) is 3.11. The molecule has 0 aromatic heterocycles. The van der Waals surface area contributed by atoms with Crippen molar-refractivity contribution in [2.24, 2.45) is 0 Å². The Morgan fingerprint density at radius 3 is 2.61 bits per heavy atom. The van der Waals surface area contributed by atoms with Gasteiger partial charge in [-0.05, 0) is 13.3 Å². The first kappa shape index (κ1) is 15.9. The van der Waals surface area contributed by atoms with E-state index in [0.717, 1.165) is 25.9 Å². The van der Waals surface area contributed by atoms with E-state index in [2.05, 4.69) is 6.92 Å². The highest BCUT2D eigenvalue weighted by atomic mass is 16.9. The first-order valence-corrected chi connectivity index (χ1v) is 6.71. The van der Waals surface area contributed by atoms with E-state index in [1.807, 2.05) is 6.92 Å². The number of rotatable bonds is 8. The molecule has 1 aliphatic rings. The fraction of sp³-hybridized carbons (Fsp3) is 1.00. The van der Waals surface area contributed by atoms with Crippen molar-refractivity contribution in [2.45, 2.75) is 51.3 Å². The smallest absolute Gasteiger partial charge is 0.313 e. The van der Waals surface area contributed by atoms with Gasteiger partial charge >= 0.3 is 5.97 Å². The van der Waals surface area contributed by atoms with Crippen LogP contribution in [0.4, 0.5) is 0 Å². The molecule has 5 nitrogen and oxygen atoms in total. The predicted molar refractivity (Wildman–Crippen MR) is 67.4 cm³/mol. The summed E-state index contributed by atoms with van der Waals surface area (Å²) < 4.78 is 28.0. The van der Waals surface area contributed by atoms with Crippen LogP contribution in [0.5, 0.6) is 0 Å². The van der Waals surface area contributed by atoms with Gasteiger partial charge in [0.1, 0.15) is 0 Å². The lowest BCUT2D eigenvalue weighted by Crippen LogP contribution is -2.59. The molecule has 1 fully saturated rings. The number of unbranched alkanes of at least 4 members (excludes halogenated alkanes) is 1. The van der Waals surface area contributed by atoms with Crippen LogP contribution in [0.3, 0.4) is 0 Å². The zero-order valence-corrected chi connectivity index (χ0v) is 11.9. The van der Waals surface area contributed by atoms with Gasteiger partial charge in [0.2, 0.25) is 0 Å². The Morgan fingerprint density at radius 2 is 2.06 bits per heavy atom. The Hall–Kier alpha value is -0.200. The summed E-state index contributed by atoms with van der Waals surface area (Å²) in [4.78, 5) is 0. The van der Waals surface area contributed by atoms with E-state index >= 15 is 0 Å². The zero-order valence-electron chi connectivity index (χ0n) is 11.9. The Kier molecular flexibility index (Phi) is 7.11. The lowest BCUT2D eigenvalue weighted by Gasteiger charge is -2.44. The third kappa shape index (κ3) is 3.65. The molecule has 0 amide bonds. The molecule has 108 valence electrons. The molecular weight excluding hydrogens is 236 g/mol. The van der Waals surface area contributed by atoms with Gasteiger partial charge in [-0.2, -0.15) is 0 Å². The largest absolute Gasteiger partial charge is 0.375 e. The van der Waals surface area contributed by atoms with Gasteiger partial charge < -0.3 is 23.7 Å². The predicted octanol–water partition coefficient (Wildman–Crippen LogP) is 1.94. The van der Waals surface area contributed by atoms with Crippen LogP contribution in [0.1, 0.15) is 33.1 Å². The highest BCUT2D eigenvalue weighted by molar-refractivity contribution is 4.84. The standard InChI is InChI=1S/C13H26O5/c1-5-7-9-16-11-8-10-18-13(15-4,17-6-2)12(11)14-3/h11-12H,5-10H2,1-4H3. The Morgan fingerprint density at radius 1 is 1.28 bits per heavy atom. The van der Waals surface area contributed by atoms with E-state index in [0.29, 0.717) is 13.2 Å². The zero-order chi connectivity index (χ0) is 13.4. The highest BCUT2D eigenvalue weighted by Crippen LogP contribution is 2.31. The topological polar surface area (TPSA) is 46.2 Å². The monoisotopic (exact) mass is 262 g/mol. The number of hydrogen-bond acceptors (Lipinski definition) is 5. The molecule has 0 aliphatic carbocycles. The van der Waals surface area contributed by atoms with Gasteiger partial charge in [-0.1, -0.05) is 13.3 Å². The molecule has 3 atom stereocenters. The normalized spacial score (nSPS) is 32.7. The van der Waals surface area contributed by atoms with E-state index in [1.165, 1.54) is 0 Å². The second kappa shape index (κ2) is 8.07. The molecule has 1 saturated heterocycles. The first-order chi connectivity index (χ1) is 8.74. The van der Waals surface area contributed by atoms with Crippen LogP contribution in [0.15, 0.2) is 0 Å². The molecule has 0 spiro atoms. The van der Waals surface area contributed by atoms with Crippen molar-refractivity contribution in [3.05, 3.63) is 0 Å². The molecule has 0 bridgehead atoms. The average molecular weight is 262 g/mol. The summed E-state index contributed by atoms with van der Waals surface area (Å²) in [6.07, 6.45) is 2.53. The summed E-state index contributed by atoms with van der Waals surface area (Å²) in [7, 11) is 3.19. The maximum absolute atomic E-state index is 5.87. The minimum absolute atomic E-state index is 0.0539. The van der Waals surface area contributed by atoms with Crippen LogP contribution in [0.2, 0.25) is 0 Å². The quantitative estimate of drug-likeness (QED) is 0.494. The van der Waals surface area contributed by atoms with Crippen LogP contribution in [-0.4, -0.2) is 52.2 Å². The molecule has 0 radical (unpaired) electrons. The van der Waals surface area contributed by atoms with Gasteiger partial charge in [-0.3, -0.25) is 0 Å². The molecule has 1 aliphatic heterocycles. The molecule has 5 heteroatoms. The van der Waals surface area contributed by atoms with Gasteiger partial charge in [0, 0.05) is 33.9 Å². The Labute approximate surface area is 110 Å². The number of ether oxygens (including phenoxy) is 5. The Balaban J connectivity index is 2.67. The fourth-order valence-electron chi connectivity index (χ4n) is 2.18.